The zero-order valence-corrected chi connectivity index (χ0v) is 19.9. The van der Waals surface area contributed by atoms with Gasteiger partial charge in [-0.15, -0.1) is 0 Å². The van der Waals surface area contributed by atoms with E-state index in [4.69, 9.17) is 9.47 Å². The van der Waals surface area contributed by atoms with Gasteiger partial charge in [0.1, 0.15) is 18.2 Å². The Morgan fingerprint density at radius 3 is 2.25 bits per heavy atom. The Hall–Kier alpha value is -1.49. The van der Waals surface area contributed by atoms with Crippen molar-refractivity contribution in [3.63, 3.8) is 0 Å². The highest BCUT2D eigenvalue weighted by atomic mass is 127. The molecule has 158 valence electrons. The van der Waals surface area contributed by atoms with Gasteiger partial charge in [0.05, 0.1) is 0 Å². The lowest BCUT2D eigenvalue weighted by Crippen LogP contribution is -2.50. The molecule has 0 unspecified atom stereocenters. The van der Waals surface area contributed by atoms with Gasteiger partial charge in [-0.2, -0.15) is 7.20 Å². The molecule has 0 aliphatic carbocycles. The standard InChI is InChI=1S/C19H29IN2O5S/c1-19(2,3)27-18(25)21-15(11-12-28(4,5)20)16(23)22-17(24)26-13-14-9-7-6-8-10-14/h6-10,15H,11-13H2,1-5H3,(H,21,25)(H,22,23,24)/t15-/m1/s1. The first-order valence-corrected chi connectivity index (χ1v) is 13.9. The number of imide groups is 1. The molecule has 0 saturated heterocycles. The van der Waals surface area contributed by atoms with Gasteiger partial charge in [0.15, 0.2) is 0 Å². The summed E-state index contributed by atoms with van der Waals surface area (Å²) in [5.74, 6) is 0.115. The Morgan fingerprint density at radius 1 is 1.11 bits per heavy atom. The molecule has 1 aromatic rings. The highest BCUT2D eigenvalue weighted by molar-refractivity contribution is 14.2. The number of rotatable bonds is 7. The second-order valence-corrected chi connectivity index (χ2v) is 18.0. The molecule has 1 aromatic carbocycles. The molecule has 0 radical (unpaired) electrons. The molecular weight excluding hydrogens is 495 g/mol. The maximum Gasteiger partial charge on any atom is 0.414 e. The SMILES string of the molecule is CC(C)(C)OC(=O)N[C@H](CCS(C)(C)I)C(=O)NC(=O)OCc1ccccc1. The van der Waals surface area contributed by atoms with E-state index < -0.39 is 36.9 Å². The van der Waals surface area contributed by atoms with Crippen molar-refractivity contribution in [3.05, 3.63) is 35.9 Å². The highest BCUT2D eigenvalue weighted by Crippen LogP contribution is 2.49. The van der Waals surface area contributed by atoms with Crippen LogP contribution in [0.5, 0.6) is 0 Å². The van der Waals surface area contributed by atoms with Crippen LogP contribution in [0.15, 0.2) is 30.3 Å². The van der Waals surface area contributed by atoms with Gasteiger partial charge in [-0.05, 0) is 72.2 Å². The van der Waals surface area contributed by atoms with Crippen LogP contribution >= 0.6 is 28.4 Å². The first kappa shape index (κ1) is 24.5. The van der Waals surface area contributed by atoms with Crippen molar-refractivity contribution in [1.82, 2.24) is 10.6 Å². The molecule has 0 aromatic heterocycles. The summed E-state index contributed by atoms with van der Waals surface area (Å²) in [5.41, 5.74) is 0.122. The maximum atomic E-state index is 12.5. The lowest BCUT2D eigenvalue weighted by Gasteiger charge is -2.27. The molecule has 0 aliphatic rings. The Kier molecular flexibility index (Phi) is 9.55. The number of alkyl carbamates (subject to hydrolysis) is 2. The van der Waals surface area contributed by atoms with Crippen molar-refractivity contribution in [2.45, 2.75) is 45.4 Å². The minimum Gasteiger partial charge on any atom is -0.444 e. The second-order valence-electron chi connectivity index (χ2n) is 7.65. The third-order valence-corrected chi connectivity index (χ3v) is 5.87. The van der Waals surface area contributed by atoms with Crippen LogP contribution in [0, 0.1) is 0 Å². The summed E-state index contributed by atoms with van der Waals surface area (Å²) >= 11 is 2.35. The predicted molar refractivity (Wildman–Crippen MR) is 121 cm³/mol. The number of hydrogen-bond donors (Lipinski definition) is 2. The van der Waals surface area contributed by atoms with E-state index in [0.29, 0.717) is 6.42 Å². The number of carbonyl (C=O) groups is 3. The molecule has 3 amide bonds. The molecule has 7 nitrogen and oxygen atoms in total. The van der Waals surface area contributed by atoms with Crippen molar-refractivity contribution >= 4 is 46.5 Å². The number of hydrogen-bond acceptors (Lipinski definition) is 5. The topological polar surface area (TPSA) is 93.7 Å². The van der Waals surface area contributed by atoms with Gasteiger partial charge in [-0.3, -0.25) is 10.1 Å². The molecule has 0 aliphatic heterocycles. The minimum atomic E-state index is -0.917. The smallest absolute Gasteiger partial charge is 0.414 e. The van der Waals surface area contributed by atoms with Gasteiger partial charge in [0.2, 0.25) is 0 Å². The number of benzene rings is 1. The first-order chi connectivity index (χ1) is 12.9. The van der Waals surface area contributed by atoms with Crippen LogP contribution < -0.4 is 10.6 Å². The largest absolute Gasteiger partial charge is 0.444 e. The van der Waals surface area contributed by atoms with Crippen LogP contribution in [0.2, 0.25) is 0 Å². The molecule has 0 bridgehead atoms. The van der Waals surface area contributed by atoms with E-state index in [2.05, 4.69) is 44.4 Å². The zero-order chi connectivity index (χ0) is 21.4. The average Bonchev–Trinajstić information content (AvgIpc) is 2.55. The third-order valence-electron chi connectivity index (χ3n) is 3.34. The summed E-state index contributed by atoms with van der Waals surface area (Å²) in [6.45, 7) is 5.26. The van der Waals surface area contributed by atoms with Crippen molar-refractivity contribution in [2.75, 3.05) is 18.3 Å². The predicted octanol–water partition coefficient (Wildman–Crippen LogP) is 4.14. The van der Waals surface area contributed by atoms with Crippen LogP contribution in [0.25, 0.3) is 0 Å². The van der Waals surface area contributed by atoms with Crippen LogP contribution in [0.3, 0.4) is 0 Å². The van der Waals surface area contributed by atoms with E-state index in [9.17, 15) is 14.4 Å². The number of nitrogens with one attached hydrogen (secondary N) is 2. The van der Waals surface area contributed by atoms with Crippen LogP contribution in [-0.2, 0) is 20.9 Å². The zero-order valence-electron chi connectivity index (χ0n) is 16.9. The van der Waals surface area contributed by atoms with Gasteiger partial charge in [-0.1, -0.05) is 30.3 Å². The summed E-state index contributed by atoms with van der Waals surface area (Å²) in [4.78, 5) is 36.5. The van der Waals surface area contributed by atoms with Gasteiger partial charge in [-0.25, -0.2) is 9.59 Å². The number of halogens is 1. The van der Waals surface area contributed by atoms with Crippen LogP contribution in [-0.4, -0.2) is 48.0 Å². The molecule has 0 heterocycles. The normalized spacial score (nSPS) is 13.2. The van der Waals surface area contributed by atoms with Gasteiger partial charge < -0.3 is 14.8 Å². The Balaban J connectivity index is 2.65. The van der Waals surface area contributed by atoms with E-state index in [-0.39, 0.29) is 6.61 Å². The summed E-state index contributed by atoms with van der Waals surface area (Å²) < 4.78 is 10.3. The van der Waals surface area contributed by atoms with E-state index in [0.717, 1.165) is 11.3 Å². The number of amides is 3. The third kappa shape index (κ3) is 11.4. The average molecular weight is 524 g/mol. The molecular formula is C19H29IN2O5S. The number of ether oxygens (including phenoxy) is 2. The second kappa shape index (κ2) is 10.9. The molecule has 0 spiro atoms. The minimum absolute atomic E-state index is 0.0506. The quantitative estimate of drug-likeness (QED) is 0.524. The van der Waals surface area contributed by atoms with Crippen molar-refractivity contribution in [2.24, 2.45) is 0 Å². The molecule has 28 heavy (non-hydrogen) atoms. The summed E-state index contributed by atoms with van der Waals surface area (Å²) in [7, 11) is -0.917. The van der Waals surface area contributed by atoms with E-state index in [1.807, 2.05) is 30.3 Å². The fourth-order valence-electron chi connectivity index (χ4n) is 2.06. The van der Waals surface area contributed by atoms with Gasteiger partial charge in [0.25, 0.3) is 5.91 Å². The molecule has 1 atom stereocenters. The lowest BCUT2D eigenvalue weighted by atomic mass is 10.2. The Labute approximate surface area is 180 Å². The molecule has 0 saturated carbocycles. The fourth-order valence-corrected chi connectivity index (χ4v) is 3.62. The summed E-state index contributed by atoms with van der Waals surface area (Å²) in [6.07, 6.45) is 3.04. The Bertz CT molecular complexity index is 671. The fraction of sp³-hybridized carbons (Fsp3) is 0.526. The van der Waals surface area contributed by atoms with E-state index in [1.54, 1.807) is 20.8 Å². The Morgan fingerprint density at radius 2 is 1.71 bits per heavy atom. The number of carbonyl (C=O) groups excluding carboxylic acids is 3. The van der Waals surface area contributed by atoms with Crippen molar-refractivity contribution in [3.8, 4) is 0 Å². The van der Waals surface area contributed by atoms with E-state index >= 15 is 0 Å². The molecule has 0 fully saturated rings. The summed E-state index contributed by atoms with van der Waals surface area (Å²) in [6, 6.07) is 8.25. The maximum absolute atomic E-state index is 12.5. The van der Waals surface area contributed by atoms with E-state index in [1.165, 1.54) is 0 Å². The van der Waals surface area contributed by atoms with Crippen molar-refractivity contribution in [1.29, 1.82) is 0 Å². The first-order valence-electron chi connectivity index (χ1n) is 8.77. The van der Waals surface area contributed by atoms with Crippen molar-refractivity contribution < 1.29 is 23.9 Å². The highest BCUT2D eigenvalue weighted by Gasteiger charge is 2.27. The monoisotopic (exact) mass is 524 g/mol. The molecule has 1 rings (SSSR count). The van der Waals surface area contributed by atoms with Crippen LogP contribution in [0.1, 0.15) is 32.8 Å². The molecule has 2 N–H and O–H groups in total. The lowest BCUT2D eigenvalue weighted by molar-refractivity contribution is -0.122. The van der Waals surface area contributed by atoms with Gasteiger partial charge >= 0.3 is 12.2 Å². The summed E-state index contributed by atoms with van der Waals surface area (Å²) in [5, 5.41) is 4.75. The molecule has 9 heteroatoms. The van der Waals surface area contributed by atoms with Crippen LogP contribution in [0.4, 0.5) is 9.59 Å². The van der Waals surface area contributed by atoms with Gasteiger partial charge in [0, 0.05) is 0 Å².